The molecule has 8 heteroatoms. The zero-order valence-electron chi connectivity index (χ0n) is 15.9. The summed E-state index contributed by atoms with van der Waals surface area (Å²) in [5.74, 6) is 1.04. The lowest BCUT2D eigenvalue weighted by Gasteiger charge is -2.09. The quantitative estimate of drug-likeness (QED) is 0.678. The molecule has 0 aliphatic heterocycles. The summed E-state index contributed by atoms with van der Waals surface area (Å²) in [6, 6.07) is 9.66. The summed E-state index contributed by atoms with van der Waals surface area (Å²) in [5, 5.41) is 3.97. The molecule has 0 N–H and O–H groups in total. The van der Waals surface area contributed by atoms with Gasteiger partial charge >= 0.3 is 5.69 Å². The average Bonchev–Trinajstić information content (AvgIpc) is 3.11. The zero-order chi connectivity index (χ0) is 20.0. The number of aryl methyl sites for hydroxylation is 2. The monoisotopic (exact) mass is 388 g/mol. The Kier molecular flexibility index (Phi) is 7.18. The van der Waals surface area contributed by atoms with E-state index in [0.717, 1.165) is 4.57 Å². The van der Waals surface area contributed by atoms with Crippen molar-refractivity contribution in [1.82, 2.24) is 19.3 Å². The number of thiol groups is 1. The van der Waals surface area contributed by atoms with Gasteiger partial charge in [-0.05, 0) is 24.7 Å². The molecule has 2 aromatic heterocycles. The first-order valence-corrected chi connectivity index (χ1v) is 9.42. The molecule has 1 atom stereocenters. The summed E-state index contributed by atoms with van der Waals surface area (Å²) in [6.45, 7) is 4.12. The first-order valence-electron chi connectivity index (χ1n) is 8.53. The van der Waals surface area contributed by atoms with Crippen molar-refractivity contribution in [2.24, 2.45) is 7.05 Å². The molecule has 3 aromatic rings. The maximum absolute atomic E-state index is 12.0. The molecular weight excluding hydrogens is 364 g/mol. The minimum atomic E-state index is -0.416. The Bertz CT molecular complexity index is 989. The molecule has 1 aromatic carbocycles. The van der Waals surface area contributed by atoms with Crippen molar-refractivity contribution in [2.75, 3.05) is 6.26 Å². The van der Waals surface area contributed by atoms with Gasteiger partial charge in [0, 0.05) is 25.7 Å². The summed E-state index contributed by atoms with van der Waals surface area (Å²) < 4.78 is 7.61. The van der Waals surface area contributed by atoms with Crippen molar-refractivity contribution in [3.8, 4) is 0 Å². The first kappa shape index (κ1) is 20.7. The summed E-state index contributed by atoms with van der Waals surface area (Å²) in [5.41, 5.74) is 1.61. The van der Waals surface area contributed by atoms with Gasteiger partial charge in [-0.25, -0.2) is 4.79 Å². The number of benzene rings is 1. The van der Waals surface area contributed by atoms with Crippen LogP contribution in [0.15, 0.2) is 50.6 Å². The van der Waals surface area contributed by atoms with E-state index in [2.05, 4.69) is 60.9 Å². The van der Waals surface area contributed by atoms with Crippen molar-refractivity contribution >= 4 is 12.6 Å². The Labute approximate surface area is 163 Å². The van der Waals surface area contributed by atoms with Crippen LogP contribution in [0.2, 0.25) is 0 Å². The van der Waals surface area contributed by atoms with E-state index in [1.54, 1.807) is 13.3 Å². The van der Waals surface area contributed by atoms with E-state index >= 15 is 0 Å². The average molecular weight is 388 g/mol. The Balaban J connectivity index is 0.00000126. The van der Waals surface area contributed by atoms with Crippen LogP contribution in [0.3, 0.4) is 0 Å². The normalized spacial score (nSPS) is 11.6. The molecule has 0 amide bonds. The molecule has 0 aliphatic carbocycles. The van der Waals surface area contributed by atoms with Crippen LogP contribution in [0.25, 0.3) is 0 Å². The highest BCUT2D eigenvalue weighted by atomic mass is 32.1. The Morgan fingerprint density at radius 1 is 1.15 bits per heavy atom. The summed E-state index contributed by atoms with van der Waals surface area (Å²) >= 11 is 3.53. The first-order chi connectivity index (χ1) is 12.9. The minimum absolute atomic E-state index is 0.0295. The molecule has 1 unspecified atom stereocenters. The van der Waals surface area contributed by atoms with Gasteiger partial charge in [0.25, 0.3) is 5.56 Å². The van der Waals surface area contributed by atoms with Crippen LogP contribution in [-0.4, -0.2) is 25.5 Å². The number of rotatable bonds is 5. The van der Waals surface area contributed by atoms with Crippen LogP contribution in [-0.2, 0) is 20.0 Å². The fourth-order valence-electron chi connectivity index (χ4n) is 2.62. The molecule has 0 fully saturated rings. The van der Waals surface area contributed by atoms with Gasteiger partial charge in [-0.2, -0.15) is 17.6 Å². The fourth-order valence-corrected chi connectivity index (χ4v) is 2.62. The highest BCUT2D eigenvalue weighted by Gasteiger charge is 2.14. The van der Waals surface area contributed by atoms with Crippen LogP contribution in [0.1, 0.15) is 35.7 Å². The van der Waals surface area contributed by atoms with E-state index in [1.807, 2.05) is 0 Å². The molecule has 27 heavy (non-hydrogen) atoms. The molecule has 0 saturated heterocycles. The van der Waals surface area contributed by atoms with Gasteiger partial charge in [0.05, 0.1) is 0 Å². The second kappa shape index (κ2) is 9.36. The predicted molar refractivity (Wildman–Crippen MR) is 108 cm³/mol. The number of hydrogen-bond donors (Lipinski definition) is 1. The third-order valence-electron chi connectivity index (χ3n) is 4.18. The topological polar surface area (TPSA) is 82.9 Å². The van der Waals surface area contributed by atoms with Crippen molar-refractivity contribution in [3.05, 3.63) is 80.2 Å². The summed E-state index contributed by atoms with van der Waals surface area (Å²) in [4.78, 5) is 28.2. The van der Waals surface area contributed by atoms with Crippen LogP contribution in [0.4, 0.5) is 0 Å². The van der Waals surface area contributed by atoms with Gasteiger partial charge in [0.2, 0.25) is 5.89 Å². The Morgan fingerprint density at radius 2 is 1.81 bits per heavy atom. The standard InChI is InChI=1S/C18H20N4O3.CH4S/c1-12-4-6-14(7-5-12)13(2)10-15-19-16(25-20-15)11-22-17(23)8-9-21(3)18(22)24;1-2/h4-9,13H,10-11H2,1-3H3;2H,1H3. The van der Waals surface area contributed by atoms with Crippen molar-refractivity contribution in [3.63, 3.8) is 0 Å². The summed E-state index contributed by atoms with van der Waals surface area (Å²) in [6.07, 6.45) is 3.75. The van der Waals surface area contributed by atoms with E-state index in [-0.39, 0.29) is 18.4 Å². The van der Waals surface area contributed by atoms with Gasteiger partial charge in [0.1, 0.15) is 6.54 Å². The third kappa shape index (κ3) is 5.19. The van der Waals surface area contributed by atoms with Crippen LogP contribution >= 0.6 is 12.6 Å². The highest BCUT2D eigenvalue weighted by molar-refractivity contribution is 7.79. The number of hydrogen-bond acceptors (Lipinski definition) is 6. The summed E-state index contributed by atoms with van der Waals surface area (Å²) in [7, 11) is 1.58. The maximum atomic E-state index is 12.0. The highest BCUT2D eigenvalue weighted by Crippen LogP contribution is 2.19. The van der Waals surface area contributed by atoms with E-state index in [4.69, 9.17) is 4.52 Å². The van der Waals surface area contributed by atoms with Gasteiger partial charge in [0.15, 0.2) is 5.82 Å². The molecule has 0 spiro atoms. The lowest BCUT2D eigenvalue weighted by atomic mass is 9.97. The molecule has 144 valence electrons. The van der Waals surface area contributed by atoms with Crippen molar-refractivity contribution in [1.29, 1.82) is 0 Å². The van der Waals surface area contributed by atoms with Crippen LogP contribution < -0.4 is 11.2 Å². The van der Waals surface area contributed by atoms with E-state index in [9.17, 15) is 9.59 Å². The Morgan fingerprint density at radius 3 is 2.48 bits per heavy atom. The second-order valence-corrected chi connectivity index (χ2v) is 6.25. The van der Waals surface area contributed by atoms with Gasteiger partial charge in [-0.3, -0.25) is 9.36 Å². The second-order valence-electron chi connectivity index (χ2n) is 6.25. The Hall–Kier alpha value is -2.61. The van der Waals surface area contributed by atoms with Gasteiger partial charge in [-0.1, -0.05) is 41.9 Å². The molecule has 0 radical (unpaired) electrons. The fraction of sp³-hybridized carbons (Fsp3) is 0.368. The molecule has 7 nitrogen and oxygen atoms in total. The third-order valence-corrected chi connectivity index (χ3v) is 4.18. The molecule has 2 heterocycles. The molecule has 0 aliphatic rings. The van der Waals surface area contributed by atoms with Crippen molar-refractivity contribution in [2.45, 2.75) is 32.7 Å². The van der Waals surface area contributed by atoms with E-state index in [0.29, 0.717) is 12.2 Å². The van der Waals surface area contributed by atoms with Crippen molar-refractivity contribution < 1.29 is 4.52 Å². The zero-order valence-corrected chi connectivity index (χ0v) is 16.8. The molecular formula is C19H24N4O3S. The molecule has 0 bridgehead atoms. The largest absolute Gasteiger partial charge is 0.337 e. The van der Waals surface area contributed by atoms with Gasteiger partial charge in [-0.15, -0.1) is 0 Å². The number of aromatic nitrogens is 4. The van der Waals surface area contributed by atoms with Crippen LogP contribution in [0, 0.1) is 6.92 Å². The number of nitrogens with zero attached hydrogens (tertiary/aromatic N) is 4. The van der Waals surface area contributed by atoms with E-state index < -0.39 is 11.2 Å². The van der Waals surface area contributed by atoms with Gasteiger partial charge < -0.3 is 9.09 Å². The smallest absolute Gasteiger partial charge is 0.331 e. The predicted octanol–water partition coefficient (Wildman–Crippen LogP) is 2.18. The van der Waals surface area contributed by atoms with E-state index in [1.165, 1.54) is 28.0 Å². The maximum Gasteiger partial charge on any atom is 0.331 e. The molecule has 3 rings (SSSR count). The van der Waals surface area contributed by atoms with Crippen LogP contribution in [0.5, 0.6) is 0 Å². The lowest BCUT2D eigenvalue weighted by Crippen LogP contribution is -2.38. The lowest BCUT2D eigenvalue weighted by molar-refractivity contribution is 0.360. The SMILES string of the molecule is CS.Cc1ccc(C(C)Cc2noc(Cn3c(=O)ccn(C)c3=O)n2)cc1. The molecule has 0 saturated carbocycles. The minimum Gasteiger partial charge on any atom is -0.337 e.